The van der Waals surface area contributed by atoms with Crippen LogP contribution in [0.1, 0.15) is 20.8 Å². The highest BCUT2D eigenvalue weighted by molar-refractivity contribution is 4.90. The predicted molar refractivity (Wildman–Crippen MR) is 49.1 cm³/mol. The highest BCUT2D eigenvalue weighted by atomic mass is 19.3. The Kier molecular flexibility index (Phi) is 3.24. The molecule has 1 N–H and O–H groups in total. The van der Waals surface area contributed by atoms with Gasteiger partial charge in [-0.1, -0.05) is 0 Å². The first-order valence-electron chi connectivity index (χ1n) is 4.68. The Morgan fingerprint density at radius 2 is 2.15 bits per heavy atom. The smallest absolute Gasteiger partial charge is 0.251 e. The predicted octanol–water partition coefficient (Wildman–Crippen LogP) is 1.32. The number of hydrogen-bond acceptors (Lipinski definition) is 2. The average molecular weight is 192 g/mol. The van der Waals surface area contributed by atoms with Crippen LogP contribution in [0.15, 0.2) is 0 Å². The zero-order chi connectivity index (χ0) is 10.1. The molecule has 1 aliphatic heterocycles. The summed E-state index contributed by atoms with van der Waals surface area (Å²) < 4.78 is 24.4. The molecule has 0 bridgehead atoms. The fraction of sp³-hybridized carbons (Fsp3) is 1.00. The van der Waals surface area contributed by atoms with Crippen molar-refractivity contribution in [2.75, 3.05) is 19.6 Å². The quantitative estimate of drug-likeness (QED) is 0.710. The van der Waals surface area contributed by atoms with E-state index < -0.39 is 6.43 Å². The first-order valence-corrected chi connectivity index (χ1v) is 4.68. The van der Waals surface area contributed by atoms with Crippen molar-refractivity contribution >= 4 is 0 Å². The summed E-state index contributed by atoms with van der Waals surface area (Å²) in [5, 5.41) is 3.32. The van der Waals surface area contributed by atoms with E-state index in [-0.39, 0.29) is 18.1 Å². The number of nitrogens with zero attached hydrogens (tertiary/aromatic N) is 1. The van der Waals surface area contributed by atoms with Crippen molar-refractivity contribution in [1.82, 2.24) is 10.2 Å². The third-order valence-corrected chi connectivity index (χ3v) is 2.47. The Morgan fingerprint density at radius 3 is 2.69 bits per heavy atom. The van der Waals surface area contributed by atoms with E-state index in [2.05, 4.69) is 5.32 Å². The lowest BCUT2D eigenvalue weighted by molar-refractivity contribution is 0.0334. The van der Waals surface area contributed by atoms with Gasteiger partial charge < -0.3 is 5.32 Å². The van der Waals surface area contributed by atoms with E-state index in [1.807, 2.05) is 25.7 Å². The average Bonchev–Trinajstić information content (AvgIpc) is 1.95. The maximum atomic E-state index is 12.2. The van der Waals surface area contributed by atoms with Gasteiger partial charge >= 0.3 is 0 Å². The van der Waals surface area contributed by atoms with Crippen LogP contribution in [0, 0.1) is 0 Å². The standard InChI is InChI=1S/C9H18F2N2/c1-7-4-12-9(2,3)6-13(7)5-8(10)11/h7-8,12H,4-6H2,1-3H3. The molecule has 0 aliphatic carbocycles. The molecule has 1 saturated heterocycles. The molecular formula is C9H18F2N2. The molecule has 1 atom stereocenters. The lowest BCUT2D eigenvalue weighted by atomic mass is 9.99. The van der Waals surface area contributed by atoms with Crippen molar-refractivity contribution in [2.45, 2.75) is 38.8 Å². The van der Waals surface area contributed by atoms with Gasteiger partial charge in [-0.05, 0) is 20.8 Å². The molecule has 0 aromatic carbocycles. The van der Waals surface area contributed by atoms with Gasteiger partial charge in [0.1, 0.15) is 0 Å². The second-order valence-electron chi connectivity index (χ2n) is 4.43. The zero-order valence-electron chi connectivity index (χ0n) is 8.48. The van der Waals surface area contributed by atoms with Crippen molar-refractivity contribution in [2.24, 2.45) is 0 Å². The first-order chi connectivity index (χ1) is 5.91. The number of piperazine rings is 1. The fourth-order valence-electron chi connectivity index (χ4n) is 1.69. The minimum atomic E-state index is -2.23. The maximum absolute atomic E-state index is 12.2. The van der Waals surface area contributed by atoms with Gasteiger partial charge in [-0.3, -0.25) is 4.90 Å². The van der Waals surface area contributed by atoms with Crippen LogP contribution in [-0.4, -0.2) is 42.5 Å². The van der Waals surface area contributed by atoms with Crippen LogP contribution in [0.5, 0.6) is 0 Å². The maximum Gasteiger partial charge on any atom is 0.251 e. The Morgan fingerprint density at radius 1 is 1.54 bits per heavy atom. The SMILES string of the molecule is CC1CNC(C)(C)CN1CC(F)F. The summed E-state index contributed by atoms with van der Waals surface area (Å²) in [6, 6.07) is 0.210. The molecule has 78 valence electrons. The van der Waals surface area contributed by atoms with Gasteiger partial charge in [0, 0.05) is 24.7 Å². The van der Waals surface area contributed by atoms with E-state index in [4.69, 9.17) is 0 Å². The van der Waals surface area contributed by atoms with Gasteiger partial charge in [-0.2, -0.15) is 0 Å². The molecule has 1 fully saturated rings. The number of nitrogens with one attached hydrogen (secondary N) is 1. The number of halogens is 2. The van der Waals surface area contributed by atoms with Crippen LogP contribution in [0.3, 0.4) is 0 Å². The lowest BCUT2D eigenvalue weighted by Gasteiger charge is -2.43. The van der Waals surface area contributed by atoms with E-state index in [1.165, 1.54) is 0 Å². The first kappa shape index (κ1) is 10.9. The third-order valence-electron chi connectivity index (χ3n) is 2.47. The van der Waals surface area contributed by atoms with Crippen LogP contribution in [0.25, 0.3) is 0 Å². The normalized spacial score (nSPS) is 29.5. The Bertz CT molecular complexity index is 171. The fourth-order valence-corrected chi connectivity index (χ4v) is 1.69. The van der Waals surface area contributed by atoms with E-state index in [9.17, 15) is 8.78 Å². The zero-order valence-corrected chi connectivity index (χ0v) is 8.48. The largest absolute Gasteiger partial charge is 0.309 e. The van der Waals surface area contributed by atoms with Crippen molar-refractivity contribution in [1.29, 1.82) is 0 Å². The number of hydrogen-bond donors (Lipinski definition) is 1. The van der Waals surface area contributed by atoms with E-state index >= 15 is 0 Å². The van der Waals surface area contributed by atoms with Gasteiger partial charge in [-0.25, -0.2) is 8.78 Å². The second kappa shape index (κ2) is 3.88. The van der Waals surface area contributed by atoms with Crippen molar-refractivity contribution in [3.05, 3.63) is 0 Å². The molecule has 2 nitrogen and oxygen atoms in total. The highest BCUT2D eigenvalue weighted by Gasteiger charge is 2.31. The van der Waals surface area contributed by atoms with Crippen LogP contribution >= 0.6 is 0 Å². The molecule has 1 aliphatic rings. The number of alkyl halides is 2. The van der Waals surface area contributed by atoms with Crippen LogP contribution in [0.4, 0.5) is 8.78 Å². The minimum absolute atomic E-state index is 0.0403. The monoisotopic (exact) mass is 192 g/mol. The summed E-state index contributed by atoms with van der Waals surface area (Å²) in [5.41, 5.74) is -0.0403. The highest BCUT2D eigenvalue weighted by Crippen LogP contribution is 2.15. The summed E-state index contributed by atoms with van der Waals surface area (Å²) in [7, 11) is 0. The lowest BCUT2D eigenvalue weighted by Crippen LogP contribution is -2.61. The molecule has 1 heterocycles. The molecule has 1 rings (SSSR count). The third kappa shape index (κ3) is 3.19. The van der Waals surface area contributed by atoms with Gasteiger partial charge in [0.15, 0.2) is 0 Å². The van der Waals surface area contributed by atoms with E-state index in [0.717, 1.165) is 6.54 Å². The van der Waals surface area contributed by atoms with Crippen molar-refractivity contribution < 1.29 is 8.78 Å². The summed E-state index contributed by atoms with van der Waals surface area (Å²) in [4.78, 5) is 1.85. The van der Waals surface area contributed by atoms with Gasteiger partial charge in [0.25, 0.3) is 6.43 Å². The van der Waals surface area contributed by atoms with E-state index in [0.29, 0.717) is 6.54 Å². The molecule has 4 heteroatoms. The van der Waals surface area contributed by atoms with Gasteiger partial charge in [0.05, 0.1) is 6.54 Å². The molecule has 0 aromatic heterocycles. The second-order valence-corrected chi connectivity index (χ2v) is 4.43. The Balaban J connectivity index is 2.50. The molecule has 13 heavy (non-hydrogen) atoms. The summed E-state index contributed by atoms with van der Waals surface area (Å²) in [6.45, 7) is 7.43. The molecule has 0 aromatic rings. The minimum Gasteiger partial charge on any atom is -0.309 e. The summed E-state index contributed by atoms with van der Waals surface area (Å²) >= 11 is 0. The molecular weight excluding hydrogens is 174 g/mol. The van der Waals surface area contributed by atoms with Gasteiger partial charge in [0.2, 0.25) is 0 Å². The molecule has 0 amide bonds. The van der Waals surface area contributed by atoms with Crippen LogP contribution in [-0.2, 0) is 0 Å². The molecule has 0 saturated carbocycles. The number of rotatable bonds is 2. The van der Waals surface area contributed by atoms with Crippen molar-refractivity contribution in [3.63, 3.8) is 0 Å². The van der Waals surface area contributed by atoms with E-state index in [1.54, 1.807) is 0 Å². The molecule has 0 spiro atoms. The molecule has 0 radical (unpaired) electrons. The topological polar surface area (TPSA) is 15.3 Å². The van der Waals surface area contributed by atoms with Crippen molar-refractivity contribution in [3.8, 4) is 0 Å². The summed E-state index contributed by atoms with van der Waals surface area (Å²) in [6.07, 6.45) is -2.23. The molecule has 1 unspecified atom stereocenters. The van der Waals surface area contributed by atoms with Crippen LogP contribution < -0.4 is 5.32 Å². The van der Waals surface area contributed by atoms with Gasteiger partial charge in [-0.15, -0.1) is 0 Å². The Labute approximate surface area is 78.3 Å². The summed E-state index contributed by atoms with van der Waals surface area (Å²) in [5.74, 6) is 0. The van der Waals surface area contributed by atoms with Crippen LogP contribution in [0.2, 0.25) is 0 Å². The Hall–Kier alpha value is -0.220.